The SMILES string of the molecule is CC(C)C(C(=O)O)c1ccccn1. The number of carbonyl (C=O) groups is 1. The van der Waals surface area contributed by atoms with Crippen molar-refractivity contribution in [3.63, 3.8) is 0 Å². The van der Waals surface area contributed by atoms with Crippen LogP contribution < -0.4 is 0 Å². The molecular weight excluding hydrogens is 166 g/mol. The summed E-state index contributed by atoms with van der Waals surface area (Å²) in [5, 5.41) is 8.96. The Morgan fingerprint density at radius 1 is 1.46 bits per heavy atom. The van der Waals surface area contributed by atoms with Gasteiger partial charge in [0.05, 0.1) is 5.69 Å². The van der Waals surface area contributed by atoms with Gasteiger partial charge in [-0.1, -0.05) is 19.9 Å². The second-order valence-corrected chi connectivity index (χ2v) is 3.31. The van der Waals surface area contributed by atoms with E-state index in [-0.39, 0.29) is 5.92 Å². The Bertz CT molecular complexity index is 282. The van der Waals surface area contributed by atoms with E-state index >= 15 is 0 Å². The molecule has 3 nitrogen and oxygen atoms in total. The molecular formula is C10H13NO2. The van der Waals surface area contributed by atoms with Crippen LogP contribution in [0.5, 0.6) is 0 Å². The van der Waals surface area contributed by atoms with Crippen LogP contribution in [-0.4, -0.2) is 16.1 Å². The summed E-state index contributed by atoms with van der Waals surface area (Å²) < 4.78 is 0. The second-order valence-electron chi connectivity index (χ2n) is 3.31. The lowest BCUT2D eigenvalue weighted by Crippen LogP contribution is -2.18. The summed E-state index contributed by atoms with van der Waals surface area (Å²) in [6, 6.07) is 5.34. The predicted octanol–water partition coefficient (Wildman–Crippen LogP) is 1.91. The lowest BCUT2D eigenvalue weighted by molar-refractivity contribution is -0.140. The monoisotopic (exact) mass is 179 g/mol. The van der Waals surface area contributed by atoms with E-state index in [1.54, 1.807) is 24.4 Å². The van der Waals surface area contributed by atoms with Gasteiger partial charge in [-0.05, 0) is 18.1 Å². The number of nitrogens with zero attached hydrogens (tertiary/aromatic N) is 1. The largest absolute Gasteiger partial charge is 0.481 e. The van der Waals surface area contributed by atoms with E-state index in [4.69, 9.17) is 5.11 Å². The Morgan fingerprint density at radius 2 is 2.15 bits per heavy atom. The molecule has 0 saturated carbocycles. The first kappa shape index (κ1) is 9.71. The topological polar surface area (TPSA) is 50.2 Å². The van der Waals surface area contributed by atoms with Gasteiger partial charge in [0.15, 0.2) is 0 Å². The molecule has 1 atom stereocenters. The van der Waals surface area contributed by atoms with Crippen LogP contribution in [0, 0.1) is 5.92 Å². The first-order valence-electron chi connectivity index (χ1n) is 4.26. The quantitative estimate of drug-likeness (QED) is 0.771. The molecule has 1 N–H and O–H groups in total. The molecule has 0 spiro atoms. The second kappa shape index (κ2) is 4.03. The molecule has 13 heavy (non-hydrogen) atoms. The fourth-order valence-corrected chi connectivity index (χ4v) is 1.31. The van der Waals surface area contributed by atoms with E-state index in [1.807, 2.05) is 13.8 Å². The third-order valence-electron chi connectivity index (χ3n) is 1.94. The van der Waals surface area contributed by atoms with Crippen molar-refractivity contribution < 1.29 is 9.90 Å². The standard InChI is InChI=1S/C10H13NO2/c1-7(2)9(10(12)13)8-5-3-4-6-11-8/h3-7,9H,1-2H3,(H,12,13). The minimum absolute atomic E-state index is 0.0624. The zero-order valence-corrected chi connectivity index (χ0v) is 7.77. The van der Waals surface area contributed by atoms with Gasteiger partial charge >= 0.3 is 5.97 Å². The Labute approximate surface area is 77.4 Å². The zero-order chi connectivity index (χ0) is 9.84. The molecule has 1 rings (SSSR count). The van der Waals surface area contributed by atoms with Gasteiger partial charge in [-0.3, -0.25) is 9.78 Å². The van der Waals surface area contributed by atoms with Crippen molar-refractivity contribution in [1.82, 2.24) is 4.98 Å². The molecule has 0 amide bonds. The number of carboxylic acid groups (broad SMARTS) is 1. The summed E-state index contributed by atoms with van der Waals surface area (Å²) in [7, 11) is 0. The van der Waals surface area contributed by atoms with Gasteiger partial charge in [0.1, 0.15) is 5.92 Å². The third-order valence-corrected chi connectivity index (χ3v) is 1.94. The van der Waals surface area contributed by atoms with Gasteiger partial charge in [0.25, 0.3) is 0 Å². The number of hydrogen-bond donors (Lipinski definition) is 1. The number of aliphatic carboxylic acids is 1. The van der Waals surface area contributed by atoms with E-state index in [2.05, 4.69) is 4.98 Å². The summed E-state index contributed by atoms with van der Waals surface area (Å²) in [6.07, 6.45) is 1.62. The smallest absolute Gasteiger partial charge is 0.312 e. The van der Waals surface area contributed by atoms with Crippen molar-refractivity contribution in [2.45, 2.75) is 19.8 Å². The van der Waals surface area contributed by atoms with Crippen molar-refractivity contribution in [1.29, 1.82) is 0 Å². The lowest BCUT2D eigenvalue weighted by Gasteiger charge is -2.14. The van der Waals surface area contributed by atoms with E-state index in [0.29, 0.717) is 5.69 Å². The van der Waals surface area contributed by atoms with Crippen LogP contribution in [0.1, 0.15) is 25.5 Å². The first-order valence-corrected chi connectivity index (χ1v) is 4.26. The Kier molecular flexibility index (Phi) is 3.01. The molecule has 1 aromatic heterocycles. The molecule has 0 bridgehead atoms. The maximum absolute atomic E-state index is 10.9. The first-order chi connectivity index (χ1) is 6.13. The fourth-order valence-electron chi connectivity index (χ4n) is 1.31. The molecule has 0 saturated heterocycles. The maximum atomic E-state index is 10.9. The fraction of sp³-hybridized carbons (Fsp3) is 0.400. The number of hydrogen-bond acceptors (Lipinski definition) is 2. The number of aromatic nitrogens is 1. The highest BCUT2D eigenvalue weighted by Gasteiger charge is 2.24. The van der Waals surface area contributed by atoms with E-state index in [1.165, 1.54) is 0 Å². The van der Waals surface area contributed by atoms with Crippen LogP contribution in [-0.2, 0) is 4.79 Å². The molecule has 0 aromatic carbocycles. The normalized spacial score (nSPS) is 12.8. The van der Waals surface area contributed by atoms with Crippen LogP contribution in [0.3, 0.4) is 0 Å². The number of rotatable bonds is 3. The van der Waals surface area contributed by atoms with Gasteiger partial charge in [-0.15, -0.1) is 0 Å². The van der Waals surface area contributed by atoms with E-state index in [9.17, 15) is 4.79 Å². The molecule has 1 unspecified atom stereocenters. The summed E-state index contributed by atoms with van der Waals surface area (Å²) in [5.41, 5.74) is 0.630. The minimum atomic E-state index is -0.811. The molecule has 1 heterocycles. The Balaban J connectivity index is 2.96. The Morgan fingerprint density at radius 3 is 2.54 bits per heavy atom. The lowest BCUT2D eigenvalue weighted by atomic mass is 9.92. The molecule has 1 aromatic rings. The molecule has 0 aliphatic heterocycles. The maximum Gasteiger partial charge on any atom is 0.312 e. The third kappa shape index (κ3) is 2.28. The average Bonchev–Trinajstić information content (AvgIpc) is 2.04. The highest BCUT2D eigenvalue weighted by molar-refractivity contribution is 5.75. The predicted molar refractivity (Wildman–Crippen MR) is 49.5 cm³/mol. The highest BCUT2D eigenvalue weighted by Crippen LogP contribution is 2.22. The summed E-state index contributed by atoms with van der Waals surface area (Å²) in [5.74, 6) is -1.25. The van der Waals surface area contributed by atoms with Crippen molar-refractivity contribution in [3.05, 3.63) is 30.1 Å². The van der Waals surface area contributed by atoms with E-state index in [0.717, 1.165) is 0 Å². The minimum Gasteiger partial charge on any atom is -0.481 e. The molecule has 3 heteroatoms. The molecule has 0 fully saturated rings. The molecule has 0 radical (unpaired) electrons. The van der Waals surface area contributed by atoms with Crippen molar-refractivity contribution in [2.75, 3.05) is 0 Å². The summed E-state index contributed by atoms with van der Waals surface area (Å²) in [4.78, 5) is 14.9. The van der Waals surface area contributed by atoms with Gasteiger partial charge < -0.3 is 5.11 Å². The van der Waals surface area contributed by atoms with Crippen LogP contribution in [0.15, 0.2) is 24.4 Å². The van der Waals surface area contributed by atoms with Gasteiger partial charge in [-0.25, -0.2) is 0 Å². The van der Waals surface area contributed by atoms with E-state index < -0.39 is 11.9 Å². The molecule has 0 aliphatic carbocycles. The van der Waals surface area contributed by atoms with Gasteiger partial charge in [-0.2, -0.15) is 0 Å². The van der Waals surface area contributed by atoms with Crippen LogP contribution in [0.4, 0.5) is 0 Å². The van der Waals surface area contributed by atoms with Gasteiger partial charge in [0.2, 0.25) is 0 Å². The summed E-state index contributed by atoms with van der Waals surface area (Å²) >= 11 is 0. The zero-order valence-electron chi connectivity index (χ0n) is 7.77. The summed E-state index contributed by atoms with van der Waals surface area (Å²) in [6.45, 7) is 3.76. The highest BCUT2D eigenvalue weighted by atomic mass is 16.4. The van der Waals surface area contributed by atoms with Gasteiger partial charge in [0, 0.05) is 6.20 Å². The number of carboxylic acids is 1. The molecule has 70 valence electrons. The average molecular weight is 179 g/mol. The van der Waals surface area contributed by atoms with Crippen LogP contribution in [0.25, 0.3) is 0 Å². The van der Waals surface area contributed by atoms with Crippen LogP contribution >= 0.6 is 0 Å². The van der Waals surface area contributed by atoms with Crippen molar-refractivity contribution >= 4 is 5.97 Å². The number of pyridine rings is 1. The van der Waals surface area contributed by atoms with Crippen molar-refractivity contribution in [3.8, 4) is 0 Å². The molecule has 0 aliphatic rings. The van der Waals surface area contributed by atoms with Crippen LogP contribution in [0.2, 0.25) is 0 Å². The van der Waals surface area contributed by atoms with Crippen molar-refractivity contribution in [2.24, 2.45) is 5.92 Å². The Hall–Kier alpha value is -1.38.